The van der Waals surface area contributed by atoms with Gasteiger partial charge in [-0.1, -0.05) is 13.0 Å². The zero-order valence-electron chi connectivity index (χ0n) is 10.6. The molecular formula is C12H14FN3O2S. The molecule has 0 spiro atoms. The van der Waals surface area contributed by atoms with Crippen LogP contribution in [0.5, 0.6) is 0 Å². The lowest BCUT2D eigenvalue weighted by molar-refractivity contribution is 0.594. The molecule has 102 valence electrons. The molecule has 2 rings (SSSR count). The van der Waals surface area contributed by atoms with Crippen molar-refractivity contribution >= 4 is 15.8 Å². The summed E-state index contributed by atoms with van der Waals surface area (Å²) < 4.78 is 40.0. The number of hydrogen-bond donors (Lipinski definition) is 2. The molecule has 5 nitrogen and oxygen atoms in total. The van der Waals surface area contributed by atoms with Crippen molar-refractivity contribution in [1.29, 1.82) is 0 Å². The van der Waals surface area contributed by atoms with Crippen molar-refractivity contribution in [3.05, 3.63) is 41.3 Å². The van der Waals surface area contributed by atoms with E-state index in [0.29, 0.717) is 17.8 Å². The fourth-order valence-corrected chi connectivity index (χ4v) is 3.04. The van der Waals surface area contributed by atoms with Crippen LogP contribution in [0.4, 0.5) is 10.2 Å². The number of rotatable bonds is 4. The summed E-state index contributed by atoms with van der Waals surface area (Å²) in [7, 11) is -3.83. The van der Waals surface area contributed by atoms with Crippen LogP contribution in [0.3, 0.4) is 0 Å². The Hall–Kier alpha value is -1.89. The van der Waals surface area contributed by atoms with Crippen molar-refractivity contribution in [3.63, 3.8) is 0 Å². The second kappa shape index (κ2) is 5.00. The highest BCUT2D eigenvalue weighted by Crippen LogP contribution is 2.21. The number of anilines is 1. The van der Waals surface area contributed by atoms with Crippen LogP contribution in [0.1, 0.15) is 18.1 Å². The van der Waals surface area contributed by atoms with Gasteiger partial charge in [0.05, 0.1) is 11.1 Å². The van der Waals surface area contributed by atoms with Gasteiger partial charge >= 0.3 is 0 Å². The zero-order valence-corrected chi connectivity index (χ0v) is 11.4. The van der Waals surface area contributed by atoms with Crippen molar-refractivity contribution < 1.29 is 12.8 Å². The minimum atomic E-state index is -3.83. The SMILES string of the molecule is CCc1cn[nH]c1NS(=O)(=O)c1cc(F)ccc1C. The Morgan fingerprint density at radius 1 is 1.42 bits per heavy atom. The van der Waals surface area contributed by atoms with Gasteiger partial charge in [0.25, 0.3) is 10.0 Å². The topological polar surface area (TPSA) is 74.8 Å². The first-order valence-electron chi connectivity index (χ1n) is 5.75. The van der Waals surface area contributed by atoms with E-state index in [1.54, 1.807) is 13.1 Å². The maximum absolute atomic E-state index is 13.2. The minimum Gasteiger partial charge on any atom is -0.263 e. The fourth-order valence-electron chi connectivity index (χ4n) is 1.72. The Bertz CT molecular complexity index is 695. The van der Waals surface area contributed by atoms with Crippen LogP contribution >= 0.6 is 0 Å². The summed E-state index contributed by atoms with van der Waals surface area (Å²) in [5.41, 5.74) is 1.23. The quantitative estimate of drug-likeness (QED) is 0.903. The zero-order chi connectivity index (χ0) is 14.0. The summed E-state index contributed by atoms with van der Waals surface area (Å²) in [5.74, 6) is -0.280. The lowest BCUT2D eigenvalue weighted by Gasteiger charge is -2.10. The lowest BCUT2D eigenvalue weighted by atomic mass is 10.2. The molecule has 0 saturated heterocycles. The van der Waals surface area contributed by atoms with E-state index in [9.17, 15) is 12.8 Å². The summed E-state index contributed by atoms with van der Waals surface area (Å²) >= 11 is 0. The Morgan fingerprint density at radius 3 is 2.84 bits per heavy atom. The average molecular weight is 283 g/mol. The van der Waals surface area contributed by atoms with Gasteiger partial charge in [0, 0.05) is 5.56 Å². The number of nitrogens with one attached hydrogen (secondary N) is 2. The van der Waals surface area contributed by atoms with Gasteiger partial charge in [0.1, 0.15) is 11.6 Å². The first-order valence-corrected chi connectivity index (χ1v) is 7.23. The molecule has 1 heterocycles. The molecule has 0 radical (unpaired) electrons. The number of H-pyrrole nitrogens is 1. The Morgan fingerprint density at radius 2 is 2.16 bits per heavy atom. The third-order valence-electron chi connectivity index (χ3n) is 2.77. The number of halogens is 1. The van der Waals surface area contributed by atoms with Crippen LogP contribution in [0, 0.1) is 12.7 Å². The van der Waals surface area contributed by atoms with Gasteiger partial charge in [0.15, 0.2) is 0 Å². The van der Waals surface area contributed by atoms with Gasteiger partial charge in [-0.15, -0.1) is 0 Å². The molecule has 0 aliphatic heterocycles. The smallest absolute Gasteiger partial charge is 0.263 e. The van der Waals surface area contributed by atoms with E-state index in [2.05, 4.69) is 14.9 Å². The number of hydrogen-bond acceptors (Lipinski definition) is 3. The van der Waals surface area contributed by atoms with Crippen molar-refractivity contribution in [2.45, 2.75) is 25.2 Å². The fraction of sp³-hybridized carbons (Fsp3) is 0.250. The number of aromatic nitrogens is 2. The summed E-state index contributed by atoms with van der Waals surface area (Å²) in [4.78, 5) is -0.0795. The molecule has 2 aromatic rings. The monoisotopic (exact) mass is 283 g/mol. The molecule has 1 aromatic carbocycles. The molecule has 1 aromatic heterocycles. The number of sulfonamides is 1. The second-order valence-corrected chi connectivity index (χ2v) is 5.79. The van der Waals surface area contributed by atoms with E-state index < -0.39 is 15.8 Å². The van der Waals surface area contributed by atoms with Crippen LogP contribution in [-0.4, -0.2) is 18.6 Å². The van der Waals surface area contributed by atoms with Crippen LogP contribution < -0.4 is 4.72 Å². The largest absolute Gasteiger partial charge is 0.263 e. The van der Waals surface area contributed by atoms with Crippen LogP contribution in [0.25, 0.3) is 0 Å². The van der Waals surface area contributed by atoms with Gasteiger partial charge in [-0.3, -0.25) is 9.82 Å². The lowest BCUT2D eigenvalue weighted by Crippen LogP contribution is -2.15. The molecular weight excluding hydrogens is 269 g/mol. The van der Waals surface area contributed by atoms with E-state index in [1.807, 2.05) is 6.92 Å². The molecule has 0 atom stereocenters. The van der Waals surface area contributed by atoms with Gasteiger partial charge in [0.2, 0.25) is 0 Å². The van der Waals surface area contributed by atoms with Crippen LogP contribution in [0.2, 0.25) is 0 Å². The van der Waals surface area contributed by atoms with Crippen molar-refractivity contribution in [2.24, 2.45) is 0 Å². The molecule has 0 amide bonds. The van der Waals surface area contributed by atoms with Crippen LogP contribution in [0.15, 0.2) is 29.3 Å². The standard InChI is InChI=1S/C12H14FN3O2S/c1-3-9-7-14-15-12(9)16-19(17,18)11-6-10(13)5-4-8(11)2/h4-7H,3H2,1-2H3,(H2,14,15,16). The Kier molecular flexibility index (Phi) is 3.57. The number of aryl methyl sites for hydroxylation is 2. The van der Waals surface area contributed by atoms with E-state index in [4.69, 9.17) is 0 Å². The molecule has 19 heavy (non-hydrogen) atoms. The molecule has 7 heteroatoms. The Labute approximate surface area is 110 Å². The summed E-state index contributed by atoms with van der Waals surface area (Å²) in [6.07, 6.45) is 2.19. The number of nitrogens with zero attached hydrogens (tertiary/aromatic N) is 1. The highest BCUT2D eigenvalue weighted by Gasteiger charge is 2.19. The molecule has 0 unspecified atom stereocenters. The van der Waals surface area contributed by atoms with Crippen molar-refractivity contribution in [1.82, 2.24) is 10.2 Å². The molecule has 0 saturated carbocycles. The predicted octanol–water partition coefficient (Wildman–Crippen LogP) is 2.22. The summed E-state index contributed by atoms with van der Waals surface area (Å²) in [6, 6.07) is 3.65. The number of aromatic amines is 1. The third kappa shape index (κ3) is 2.76. The van der Waals surface area contributed by atoms with E-state index >= 15 is 0 Å². The third-order valence-corrected chi connectivity index (χ3v) is 4.27. The highest BCUT2D eigenvalue weighted by atomic mass is 32.2. The Balaban J connectivity index is 2.41. The predicted molar refractivity (Wildman–Crippen MR) is 69.9 cm³/mol. The average Bonchev–Trinajstić information content (AvgIpc) is 2.78. The van der Waals surface area contributed by atoms with E-state index in [1.165, 1.54) is 12.1 Å². The molecule has 0 aliphatic carbocycles. The van der Waals surface area contributed by atoms with Gasteiger partial charge in [-0.05, 0) is 31.0 Å². The maximum atomic E-state index is 13.2. The molecule has 2 N–H and O–H groups in total. The summed E-state index contributed by atoms with van der Waals surface area (Å²) in [5, 5.41) is 6.37. The number of benzene rings is 1. The molecule has 0 fully saturated rings. The van der Waals surface area contributed by atoms with Gasteiger partial charge in [-0.2, -0.15) is 5.10 Å². The normalized spacial score (nSPS) is 11.5. The molecule has 0 bridgehead atoms. The molecule has 0 aliphatic rings. The second-order valence-electron chi connectivity index (χ2n) is 4.14. The van der Waals surface area contributed by atoms with Crippen molar-refractivity contribution in [3.8, 4) is 0 Å². The van der Waals surface area contributed by atoms with E-state index in [0.717, 1.165) is 11.6 Å². The minimum absolute atomic E-state index is 0.0795. The maximum Gasteiger partial charge on any atom is 0.263 e. The van der Waals surface area contributed by atoms with E-state index in [-0.39, 0.29) is 4.90 Å². The first-order chi connectivity index (χ1) is 8.94. The summed E-state index contributed by atoms with van der Waals surface area (Å²) in [6.45, 7) is 3.50. The van der Waals surface area contributed by atoms with Crippen LogP contribution in [-0.2, 0) is 16.4 Å². The highest BCUT2D eigenvalue weighted by molar-refractivity contribution is 7.92. The van der Waals surface area contributed by atoms with Crippen molar-refractivity contribution in [2.75, 3.05) is 4.72 Å². The van der Waals surface area contributed by atoms with Gasteiger partial charge < -0.3 is 0 Å². The first kappa shape index (κ1) is 13.5. The van der Waals surface area contributed by atoms with Gasteiger partial charge in [-0.25, -0.2) is 12.8 Å².